The van der Waals surface area contributed by atoms with Gasteiger partial charge in [0.05, 0.1) is 24.4 Å². The summed E-state index contributed by atoms with van der Waals surface area (Å²) in [4.78, 5) is 7.83. The molecule has 0 spiro atoms. The summed E-state index contributed by atoms with van der Waals surface area (Å²) in [7, 11) is 0. The third-order valence-electron chi connectivity index (χ3n) is 6.51. The fraction of sp³-hybridized carbons (Fsp3) is 0.345. The highest BCUT2D eigenvalue weighted by molar-refractivity contribution is 6.09. The SMILES string of the molecule is CCCN1CCc2c(c(-c3ccc(OCC)cc3OCC)nc3ccc4ccccc4c23)C1. The predicted molar refractivity (Wildman–Crippen MR) is 136 cm³/mol. The van der Waals surface area contributed by atoms with E-state index >= 15 is 0 Å². The van der Waals surface area contributed by atoms with Crippen molar-refractivity contribution in [3.05, 3.63) is 65.7 Å². The highest BCUT2D eigenvalue weighted by atomic mass is 16.5. The summed E-state index contributed by atoms with van der Waals surface area (Å²) in [6.07, 6.45) is 2.19. The van der Waals surface area contributed by atoms with Gasteiger partial charge in [0, 0.05) is 30.1 Å². The van der Waals surface area contributed by atoms with Crippen LogP contribution in [0.4, 0.5) is 0 Å². The Morgan fingerprint density at radius 2 is 1.76 bits per heavy atom. The quantitative estimate of drug-likeness (QED) is 0.303. The Kier molecular flexibility index (Phi) is 6.19. The van der Waals surface area contributed by atoms with E-state index in [4.69, 9.17) is 14.5 Å². The van der Waals surface area contributed by atoms with Gasteiger partial charge in [0.25, 0.3) is 0 Å². The number of fused-ring (bicyclic) bond motifs is 5. The fourth-order valence-electron chi connectivity index (χ4n) is 5.13. The first-order valence-electron chi connectivity index (χ1n) is 12.2. The largest absolute Gasteiger partial charge is 0.494 e. The van der Waals surface area contributed by atoms with Crippen LogP contribution in [0.25, 0.3) is 32.9 Å². The van der Waals surface area contributed by atoms with Crippen molar-refractivity contribution in [1.82, 2.24) is 9.88 Å². The van der Waals surface area contributed by atoms with Gasteiger partial charge in [-0.25, -0.2) is 4.98 Å². The third kappa shape index (κ3) is 4.04. The summed E-state index contributed by atoms with van der Waals surface area (Å²) in [6.45, 7) is 10.6. The Bertz CT molecular complexity index is 1300. The molecule has 33 heavy (non-hydrogen) atoms. The predicted octanol–water partition coefficient (Wildman–Crippen LogP) is 6.62. The maximum absolute atomic E-state index is 6.09. The lowest BCUT2D eigenvalue weighted by atomic mass is 9.89. The molecule has 0 radical (unpaired) electrons. The highest BCUT2D eigenvalue weighted by Crippen LogP contribution is 2.41. The summed E-state index contributed by atoms with van der Waals surface area (Å²) in [5, 5.41) is 3.88. The first-order chi connectivity index (χ1) is 16.2. The second kappa shape index (κ2) is 9.40. The lowest BCUT2D eigenvalue weighted by Crippen LogP contribution is -2.32. The third-order valence-corrected chi connectivity index (χ3v) is 6.51. The number of hydrogen-bond donors (Lipinski definition) is 0. The van der Waals surface area contributed by atoms with E-state index in [2.05, 4.69) is 54.3 Å². The fourth-order valence-corrected chi connectivity index (χ4v) is 5.13. The standard InChI is InChI=1S/C29H32N2O2/c1-4-16-31-17-15-23-25(19-31)29(24-13-12-21(32-5-2)18-27(24)33-6-3)30-26-14-11-20-9-7-8-10-22(20)28(23)26/h7-14,18H,4-6,15-17,19H2,1-3H3. The Morgan fingerprint density at radius 3 is 2.58 bits per heavy atom. The maximum Gasteiger partial charge on any atom is 0.132 e. The van der Waals surface area contributed by atoms with Crippen molar-refractivity contribution in [2.45, 2.75) is 40.2 Å². The summed E-state index contributed by atoms with van der Waals surface area (Å²) in [5.41, 5.74) is 5.92. The molecule has 0 amide bonds. The molecule has 0 saturated heterocycles. The first kappa shape index (κ1) is 21.7. The van der Waals surface area contributed by atoms with Gasteiger partial charge in [0.1, 0.15) is 11.5 Å². The van der Waals surface area contributed by atoms with Crippen LogP contribution in [0.3, 0.4) is 0 Å². The van der Waals surface area contributed by atoms with Crippen LogP contribution in [0.1, 0.15) is 38.3 Å². The molecule has 0 fully saturated rings. The van der Waals surface area contributed by atoms with Gasteiger partial charge in [-0.2, -0.15) is 0 Å². The average molecular weight is 441 g/mol. The van der Waals surface area contributed by atoms with Gasteiger partial charge in [-0.3, -0.25) is 4.90 Å². The number of nitrogens with zero attached hydrogens (tertiary/aromatic N) is 2. The van der Waals surface area contributed by atoms with Crippen molar-refractivity contribution in [2.24, 2.45) is 0 Å². The number of pyridine rings is 1. The van der Waals surface area contributed by atoms with E-state index in [0.29, 0.717) is 13.2 Å². The lowest BCUT2D eigenvalue weighted by molar-refractivity contribution is 0.255. The summed E-state index contributed by atoms with van der Waals surface area (Å²) >= 11 is 0. The molecule has 170 valence electrons. The minimum Gasteiger partial charge on any atom is -0.494 e. The highest BCUT2D eigenvalue weighted by Gasteiger charge is 2.25. The van der Waals surface area contributed by atoms with E-state index in [-0.39, 0.29) is 0 Å². The van der Waals surface area contributed by atoms with E-state index in [1.54, 1.807) is 0 Å². The van der Waals surface area contributed by atoms with Crippen LogP contribution in [-0.4, -0.2) is 36.2 Å². The van der Waals surface area contributed by atoms with Gasteiger partial charge in [0.15, 0.2) is 0 Å². The maximum atomic E-state index is 6.09. The van der Waals surface area contributed by atoms with Crippen LogP contribution >= 0.6 is 0 Å². The molecule has 3 aromatic carbocycles. The number of ether oxygens (including phenoxy) is 2. The molecule has 0 N–H and O–H groups in total. The van der Waals surface area contributed by atoms with Crippen LogP contribution in [0.15, 0.2) is 54.6 Å². The van der Waals surface area contributed by atoms with Gasteiger partial charge in [0.2, 0.25) is 0 Å². The Labute approximate surface area is 196 Å². The van der Waals surface area contributed by atoms with E-state index in [1.807, 2.05) is 26.0 Å². The van der Waals surface area contributed by atoms with E-state index < -0.39 is 0 Å². The van der Waals surface area contributed by atoms with Crippen molar-refractivity contribution in [2.75, 3.05) is 26.3 Å². The van der Waals surface area contributed by atoms with Crippen molar-refractivity contribution < 1.29 is 9.47 Å². The second-order valence-corrected chi connectivity index (χ2v) is 8.65. The van der Waals surface area contributed by atoms with Gasteiger partial charge < -0.3 is 9.47 Å². The second-order valence-electron chi connectivity index (χ2n) is 8.65. The zero-order valence-corrected chi connectivity index (χ0v) is 19.9. The molecule has 2 heterocycles. The molecule has 0 saturated carbocycles. The molecule has 0 bridgehead atoms. The molecule has 0 atom stereocenters. The number of benzene rings is 3. The van der Waals surface area contributed by atoms with Crippen molar-refractivity contribution in [3.8, 4) is 22.8 Å². The van der Waals surface area contributed by atoms with Crippen LogP contribution < -0.4 is 9.47 Å². The lowest BCUT2D eigenvalue weighted by Gasteiger charge is -2.31. The van der Waals surface area contributed by atoms with Gasteiger partial charge in [-0.05, 0) is 73.3 Å². The molecule has 4 nitrogen and oxygen atoms in total. The minimum atomic E-state index is 0.602. The number of hydrogen-bond acceptors (Lipinski definition) is 4. The van der Waals surface area contributed by atoms with Crippen molar-refractivity contribution >= 4 is 21.7 Å². The van der Waals surface area contributed by atoms with Crippen molar-refractivity contribution in [3.63, 3.8) is 0 Å². The topological polar surface area (TPSA) is 34.6 Å². The molecule has 4 aromatic rings. The average Bonchev–Trinajstić information content (AvgIpc) is 2.84. The zero-order chi connectivity index (χ0) is 22.8. The van der Waals surface area contributed by atoms with Crippen LogP contribution in [0, 0.1) is 0 Å². The summed E-state index contributed by atoms with van der Waals surface area (Å²) in [5.74, 6) is 1.67. The van der Waals surface area contributed by atoms with E-state index in [1.165, 1.54) is 27.3 Å². The normalized spacial score (nSPS) is 13.9. The molecule has 1 aliphatic heterocycles. The number of aromatic nitrogens is 1. The summed E-state index contributed by atoms with van der Waals surface area (Å²) in [6, 6.07) is 19.2. The molecular weight excluding hydrogens is 408 g/mol. The molecule has 0 unspecified atom stereocenters. The molecule has 4 heteroatoms. The zero-order valence-electron chi connectivity index (χ0n) is 19.9. The summed E-state index contributed by atoms with van der Waals surface area (Å²) < 4.78 is 11.8. The van der Waals surface area contributed by atoms with Gasteiger partial charge in [-0.1, -0.05) is 37.3 Å². The van der Waals surface area contributed by atoms with E-state index in [0.717, 1.165) is 60.7 Å². The molecule has 0 aliphatic carbocycles. The van der Waals surface area contributed by atoms with Gasteiger partial charge in [-0.15, -0.1) is 0 Å². The monoisotopic (exact) mass is 440 g/mol. The Balaban J connectivity index is 1.78. The molecule has 5 rings (SSSR count). The Hall–Kier alpha value is -3.11. The first-order valence-corrected chi connectivity index (χ1v) is 12.2. The Morgan fingerprint density at radius 1 is 0.909 bits per heavy atom. The van der Waals surface area contributed by atoms with Crippen LogP contribution in [-0.2, 0) is 13.0 Å². The molecule has 1 aromatic heterocycles. The van der Waals surface area contributed by atoms with Crippen molar-refractivity contribution in [1.29, 1.82) is 0 Å². The van der Waals surface area contributed by atoms with Crippen LogP contribution in [0.5, 0.6) is 11.5 Å². The number of rotatable bonds is 7. The molecular formula is C29H32N2O2. The van der Waals surface area contributed by atoms with Gasteiger partial charge >= 0.3 is 0 Å². The molecule has 1 aliphatic rings. The minimum absolute atomic E-state index is 0.602. The smallest absolute Gasteiger partial charge is 0.132 e. The van der Waals surface area contributed by atoms with Crippen LogP contribution in [0.2, 0.25) is 0 Å². The van der Waals surface area contributed by atoms with E-state index in [9.17, 15) is 0 Å².